The summed E-state index contributed by atoms with van der Waals surface area (Å²) in [5.74, 6) is -4.39. The van der Waals surface area contributed by atoms with E-state index < -0.39 is 42.6 Å². The molecule has 5 N–H and O–H groups in total. The number of carbonyl (C=O) groups is 3. The van der Waals surface area contributed by atoms with Crippen LogP contribution in [0.3, 0.4) is 0 Å². The van der Waals surface area contributed by atoms with Gasteiger partial charge in [0.2, 0.25) is 0 Å². The zero-order valence-electron chi connectivity index (χ0n) is 20.5. The van der Waals surface area contributed by atoms with Gasteiger partial charge in [0.05, 0.1) is 23.6 Å². The number of rotatable bonds is 13. The second kappa shape index (κ2) is 14.2. The second-order valence-electron chi connectivity index (χ2n) is 8.43. The minimum atomic E-state index is -2.71. The van der Waals surface area contributed by atoms with Crippen molar-refractivity contribution in [2.45, 2.75) is 29.6 Å². The molecule has 0 amide bonds. The zero-order chi connectivity index (χ0) is 28.4. The molecule has 0 fully saturated rings. The molecule has 0 aliphatic rings. The Morgan fingerprint density at radius 1 is 0.821 bits per heavy atom. The zero-order valence-corrected chi connectivity index (χ0v) is 22.9. The fourth-order valence-corrected chi connectivity index (χ4v) is 5.93. The number of aliphatic hydroxyl groups is 1. The molecule has 3 aromatic carbocycles. The number of hydrogen-bond donors (Lipinski definition) is 4. The van der Waals surface area contributed by atoms with E-state index >= 15 is 0 Å². The Hall–Kier alpha value is -3.28. The minimum absolute atomic E-state index is 0.101. The molecular weight excluding hydrogens is 562 g/mol. The van der Waals surface area contributed by atoms with Crippen molar-refractivity contribution in [1.82, 2.24) is 0 Å². The SMILES string of the molecule is NC(CSSc1ccc(C(=C(Cl)c2ccccc2)c2ccccc2)cc1)OC(=O)C(O)(CC(=O)O)CC(=O)O. The molecule has 0 aliphatic carbocycles. The standard InChI is InChI=1S/C28H26ClNO7S2/c29-26(20-9-5-2-6-10-20)25(18-7-3-1-4-8-18)19-11-13-21(14-12-19)39-38-17-22(30)37-27(35)28(36,15-23(31)32)16-24(33)34/h1-14,22,36H,15-17,30H2,(H,31,32)(H,33,34). The van der Waals surface area contributed by atoms with Gasteiger partial charge < -0.3 is 20.1 Å². The number of hydrogen-bond acceptors (Lipinski definition) is 8. The summed E-state index contributed by atoms with van der Waals surface area (Å²) in [5, 5.41) is 28.7. The maximum Gasteiger partial charge on any atom is 0.340 e. The van der Waals surface area contributed by atoms with Crippen LogP contribution < -0.4 is 5.73 Å². The lowest BCUT2D eigenvalue weighted by atomic mass is 9.95. The lowest BCUT2D eigenvalue weighted by Crippen LogP contribution is -2.47. The summed E-state index contributed by atoms with van der Waals surface area (Å²) in [6.45, 7) is 0. The number of nitrogens with two attached hydrogens (primary N) is 1. The highest BCUT2D eigenvalue weighted by Gasteiger charge is 2.43. The van der Waals surface area contributed by atoms with Crippen LogP contribution >= 0.6 is 33.2 Å². The van der Waals surface area contributed by atoms with Gasteiger partial charge in [-0.05, 0) is 28.8 Å². The molecule has 3 aromatic rings. The maximum absolute atomic E-state index is 12.2. The van der Waals surface area contributed by atoms with Gasteiger partial charge in [-0.25, -0.2) is 4.79 Å². The molecule has 0 bridgehead atoms. The second-order valence-corrected chi connectivity index (χ2v) is 11.2. The Morgan fingerprint density at radius 3 is 1.82 bits per heavy atom. The van der Waals surface area contributed by atoms with Gasteiger partial charge in [-0.3, -0.25) is 15.3 Å². The number of aliphatic carboxylic acids is 2. The molecular formula is C28H26ClNO7S2. The Morgan fingerprint density at radius 2 is 1.31 bits per heavy atom. The first-order valence-corrected chi connectivity index (χ1v) is 14.3. The van der Waals surface area contributed by atoms with E-state index in [0.29, 0.717) is 5.03 Å². The molecule has 0 aromatic heterocycles. The van der Waals surface area contributed by atoms with Crippen LogP contribution in [0.25, 0.3) is 10.6 Å². The van der Waals surface area contributed by atoms with E-state index in [1.54, 1.807) is 0 Å². The van der Waals surface area contributed by atoms with Crippen LogP contribution in [0.4, 0.5) is 0 Å². The Balaban J connectivity index is 1.66. The van der Waals surface area contributed by atoms with E-state index in [4.69, 9.17) is 32.3 Å². The van der Waals surface area contributed by atoms with Crippen LogP contribution in [0.1, 0.15) is 29.5 Å². The number of carbonyl (C=O) groups excluding carboxylic acids is 1. The number of ether oxygens (including phenoxy) is 1. The Kier molecular flexibility index (Phi) is 11.0. The van der Waals surface area contributed by atoms with Gasteiger partial charge in [-0.1, -0.05) is 106 Å². The number of halogens is 1. The normalized spacial score (nSPS) is 12.8. The summed E-state index contributed by atoms with van der Waals surface area (Å²) in [4.78, 5) is 35.1. The van der Waals surface area contributed by atoms with Crippen LogP contribution in [0.2, 0.25) is 0 Å². The molecule has 0 aliphatic heterocycles. The smallest absolute Gasteiger partial charge is 0.340 e. The van der Waals surface area contributed by atoms with Crippen LogP contribution in [-0.2, 0) is 19.1 Å². The largest absolute Gasteiger partial charge is 0.481 e. The molecule has 0 saturated carbocycles. The molecule has 0 heterocycles. The van der Waals surface area contributed by atoms with Gasteiger partial charge in [0, 0.05) is 10.5 Å². The highest BCUT2D eigenvalue weighted by atomic mass is 35.5. The van der Waals surface area contributed by atoms with Crippen molar-refractivity contribution in [1.29, 1.82) is 0 Å². The van der Waals surface area contributed by atoms with E-state index in [-0.39, 0.29) is 5.75 Å². The summed E-state index contributed by atoms with van der Waals surface area (Å²) >= 11 is 6.86. The van der Waals surface area contributed by atoms with Crippen molar-refractivity contribution in [2.75, 3.05) is 5.75 Å². The molecule has 1 atom stereocenters. The average molecular weight is 588 g/mol. The highest BCUT2D eigenvalue weighted by Crippen LogP contribution is 2.37. The van der Waals surface area contributed by atoms with Gasteiger partial charge in [0.25, 0.3) is 0 Å². The maximum atomic E-state index is 12.2. The molecule has 0 saturated heterocycles. The summed E-state index contributed by atoms with van der Waals surface area (Å²) in [6.07, 6.45) is -3.43. The predicted octanol–water partition coefficient (Wildman–Crippen LogP) is 5.09. The van der Waals surface area contributed by atoms with Crippen LogP contribution in [0.5, 0.6) is 0 Å². The van der Waals surface area contributed by atoms with Gasteiger partial charge in [-0.2, -0.15) is 0 Å². The summed E-state index contributed by atoms with van der Waals surface area (Å²) < 4.78 is 4.93. The van der Waals surface area contributed by atoms with Crippen molar-refractivity contribution in [3.8, 4) is 0 Å². The molecule has 3 rings (SSSR count). The van der Waals surface area contributed by atoms with E-state index in [2.05, 4.69) is 0 Å². The minimum Gasteiger partial charge on any atom is -0.481 e. The van der Waals surface area contributed by atoms with Crippen LogP contribution in [0, 0.1) is 0 Å². The molecule has 1 unspecified atom stereocenters. The molecule has 8 nitrogen and oxygen atoms in total. The third kappa shape index (κ3) is 8.87. The lowest BCUT2D eigenvalue weighted by Gasteiger charge is -2.24. The third-order valence-corrected chi connectivity index (χ3v) is 8.16. The molecule has 0 radical (unpaired) electrons. The topological polar surface area (TPSA) is 147 Å². The summed E-state index contributed by atoms with van der Waals surface area (Å²) in [5.41, 5.74) is 6.77. The quantitative estimate of drug-likeness (QED) is 0.0922. The van der Waals surface area contributed by atoms with E-state index in [9.17, 15) is 19.5 Å². The van der Waals surface area contributed by atoms with Crippen molar-refractivity contribution in [2.24, 2.45) is 5.73 Å². The highest BCUT2D eigenvalue weighted by molar-refractivity contribution is 8.76. The first kappa shape index (κ1) is 30.3. The predicted molar refractivity (Wildman–Crippen MR) is 153 cm³/mol. The third-order valence-electron chi connectivity index (χ3n) is 5.37. The molecule has 11 heteroatoms. The first-order valence-electron chi connectivity index (χ1n) is 11.6. The Bertz CT molecular complexity index is 1300. The number of esters is 1. The van der Waals surface area contributed by atoms with E-state index in [0.717, 1.165) is 27.2 Å². The monoisotopic (exact) mass is 587 g/mol. The van der Waals surface area contributed by atoms with Crippen LogP contribution in [0.15, 0.2) is 89.8 Å². The van der Waals surface area contributed by atoms with Crippen molar-refractivity contribution in [3.63, 3.8) is 0 Å². The van der Waals surface area contributed by atoms with Crippen molar-refractivity contribution in [3.05, 3.63) is 102 Å². The number of carboxylic acids is 2. The van der Waals surface area contributed by atoms with Crippen LogP contribution in [-0.4, -0.2) is 50.8 Å². The van der Waals surface area contributed by atoms with Crippen molar-refractivity contribution >= 4 is 61.7 Å². The van der Waals surface area contributed by atoms with E-state index in [1.165, 1.54) is 21.6 Å². The van der Waals surface area contributed by atoms with Gasteiger partial charge in [0.15, 0.2) is 11.8 Å². The van der Waals surface area contributed by atoms with Crippen molar-refractivity contribution < 1.29 is 34.4 Å². The van der Waals surface area contributed by atoms with Gasteiger partial charge in [-0.15, -0.1) is 0 Å². The lowest BCUT2D eigenvalue weighted by molar-refractivity contribution is -0.178. The molecule has 0 spiro atoms. The summed E-state index contributed by atoms with van der Waals surface area (Å²) in [7, 11) is 2.64. The summed E-state index contributed by atoms with van der Waals surface area (Å²) in [6, 6.07) is 27.3. The van der Waals surface area contributed by atoms with Gasteiger partial charge >= 0.3 is 17.9 Å². The average Bonchev–Trinajstić information content (AvgIpc) is 2.90. The molecule has 204 valence electrons. The fraction of sp³-hybridized carbons (Fsp3) is 0.179. The Labute approximate surface area is 238 Å². The van der Waals surface area contributed by atoms with Gasteiger partial charge in [0.1, 0.15) is 0 Å². The fourth-order valence-electron chi connectivity index (χ4n) is 3.59. The van der Waals surface area contributed by atoms with E-state index in [1.807, 2.05) is 84.9 Å². The molecule has 39 heavy (non-hydrogen) atoms. The number of benzene rings is 3. The first-order chi connectivity index (χ1) is 18.6. The number of carboxylic acid groups (broad SMARTS) is 2.